The molecule has 0 spiro atoms. The van der Waals surface area contributed by atoms with Gasteiger partial charge < -0.3 is 15.1 Å². The minimum atomic E-state index is -0.111. The van der Waals surface area contributed by atoms with E-state index in [0.717, 1.165) is 44.0 Å². The Hall–Kier alpha value is -2.48. The van der Waals surface area contributed by atoms with Gasteiger partial charge in [0.25, 0.3) is 5.91 Å². The van der Waals surface area contributed by atoms with Crippen LogP contribution in [0.4, 0.5) is 5.82 Å². The molecular weight excluding hydrogens is 330 g/mol. The van der Waals surface area contributed by atoms with Crippen molar-refractivity contribution >= 4 is 11.7 Å². The van der Waals surface area contributed by atoms with Crippen molar-refractivity contribution in [1.29, 1.82) is 0 Å². The molecular formula is C18H27N7O. The maximum atomic E-state index is 12.9. The second-order valence-electron chi connectivity index (χ2n) is 6.90. The maximum absolute atomic E-state index is 12.9. The molecule has 3 heterocycles. The Labute approximate surface area is 154 Å². The molecule has 0 radical (unpaired) electrons. The predicted octanol–water partition coefficient (Wildman–Crippen LogP) is 1.06. The molecule has 0 saturated carbocycles. The molecule has 140 valence electrons. The molecule has 1 aliphatic rings. The van der Waals surface area contributed by atoms with Crippen LogP contribution in [0.5, 0.6) is 0 Å². The highest BCUT2D eigenvalue weighted by molar-refractivity contribution is 5.92. The lowest BCUT2D eigenvalue weighted by atomic mass is 10.2. The molecule has 2 aromatic rings. The lowest BCUT2D eigenvalue weighted by Gasteiger charge is -2.26. The fourth-order valence-corrected chi connectivity index (χ4v) is 3.06. The zero-order chi connectivity index (χ0) is 18.5. The highest BCUT2D eigenvalue weighted by Gasteiger charge is 2.22. The summed E-state index contributed by atoms with van der Waals surface area (Å²) in [7, 11) is 1.87. The Morgan fingerprint density at radius 3 is 2.73 bits per heavy atom. The number of nitrogens with zero attached hydrogens (tertiary/aromatic N) is 6. The molecule has 1 fully saturated rings. The van der Waals surface area contributed by atoms with E-state index in [1.54, 1.807) is 28.2 Å². The van der Waals surface area contributed by atoms with Gasteiger partial charge in [-0.15, -0.1) is 0 Å². The summed E-state index contributed by atoms with van der Waals surface area (Å²) in [5, 5.41) is 7.54. The van der Waals surface area contributed by atoms with Gasteiger partial charge in [-0.05, 0) is 26.8 Å². The molecule has 1 saturated heterocycles. The van der Waals surface area contributed by atoms with Crippen molar-refractivity contribution in [3.63, 3.8) is 0 Å². The summed E-state index contributed by atoms with van der Waals surface area (Å²) in [5.41, 5.74) is 1.37. The van der Waals surface area contributed by atoms with Gasteiger partial charge in [0, 0.05) is 51.0 Å². The molecule has 26 heavy (non-hydrogen) atoms. The number of amides is 1. The van der Waals surface area contributed by atoms with Gasteiger partial charge in [0.2, 0.25) is 0 Å². The molecule has 1 aliphatic heterocycles. The first-order valence-electron chi connectivity index (χ1n) is 9.11. The van der Waals surface area contributed by atoms with Crippen LogP contribution in [-0.2, 0) is 13.6 Å². The normalized spacial score (nSPS) is 15.2. The lowest BCUT2D eigenvalue weighted by molar-refractivity contribution is 0.0683. The molecule has 0 atom stereocenters. The number of rotatable bonds is 5. The summed E-state index contributed by atoms with van der Waals surface area (Å²) in [6, 6.07) is 0.0564. The van der Waals surface area contributed by atoms with Crippen molar-refractivity contribution in [3.05, 3.63) is 36.0 Å². The van der Waals surface area contributed by atoms with Crippen LogP contribution in [0.25, 0.3) is 0 Å². The maximum Gasteiger partial charge on any atom is 0.274 e. The Morgan fingerprint density at radius 1 is 1.23 bits per heavy atom. The molecule has 0 unspecified atom stereocenters. The first kappa shape index (κ1) is 18.3. The monoisotopic (exact) mass is 357 g/mol. The van der Waals surface area contributed by atoms with E-state index in [4.69, 9.17) is 0 Å². The van der Waals surface area contributed by atoms with Crippen LogP contribution in [-0.4, -0.2) is 62.8 Å². The van der Waals surface area contributed by atoms with Gasteiger partial charge in [-0.1, -0.05) is 0 Å². The highest BCUT2D eigenvalue weighted by Crippen LogP contribution is 2.14. The average Bonchev–Trinajstić information content (AvgIpc) is 2.87. The summed E-state index contributed by atoms with van der Waals surface area (Å²) in [4.78, 5) is 25.8. The molecule has 1 N–H and O–H groups in total. The minimum absolute atomic E-state index is 0.0564. The number of aryl methyl sites for hydroxylation is 1. The van der Waals surface area contributed by atoms with E-state index >= 15 is 0 Å². The van der Waals surface area contributed by atoms with Crippen molar-refractivity contribution in [2.75, 3.05) is 31.1 Å². The molecule has 2 aromatic heterocycles. The first-order valence-corrected chi connectivity index (χ1v) is 9.11. The van der Waals surface area contributed by atoms with Gasteiger partial charge in [-0.2, -0.15) is 5.10 Å². The number of nitrogens with one attached hydrogen (secondary N) is 1. The summed E-state index contributed by atoms with van der Waals surface area (Å²) >= 11 is 0. The number of hydrogen-bond donors (Lipinski definition) is 1. The molecule has 8 nitrogen and oxygen atoms in total. The van der Waals surface area contributed by atoms with E-state index in [2.05, 4.69) is 25.3 Å². The number of anilines is 1. The average molecular weight is 357 g/mol. The zero-order valence-electron chi connectivity index (χ0n) is 15.7. The summed E-state index contributed by atoms with van der Waals surface area (Å²) < 4.78 is 1.74. The number of carbonyl (C=O) groups is 1. The quantitative estimate of drug-likeness (QED) is 0.862. The van der Waals surface area contributed by atoms with E-state index in [0.29, 0.717) is 12.2 Å². The van der Waals surface area contributed by atoms with Gasteiger partial charge in [0.15, 0.2) is 0 Å². The first-order chi connectivity index (χ1) is 12.5. The Morgan fingerprint density at radius 2 is 2.08 bits per heavy atom. The summed E-state index contributed by atoms with van der Waals surface area (Å²) in [6.07, 6.45) is 8.08. The van der Waals surface area contributed by atoms with Crippen molar-refractivity contribution in [2.45, 2.75) is 32.9 Å². The smallest absolute Gasteiger partial charge is 0.274 e. The van der Waals surface area contributed by atoms with Gasteiger partial charge in [-0.3, -0.25) is 9.48 Å². The van der Waals surface area contributed by atoms with Crippen molar-refractivity contribution in [3.8, 4) is 0 Å². The molecule has 3 rings (SSSR count). The highest BCUT2D eigenvalue weighted by atomic mass is 16.2. The number of carbonyl (C=O) groups excluding carboxylic acids is 1. The molecule has 1 amide bonds. The predicted molar refractivity (Wildman–Crippen MR) is 99.9 cm³/mol. The third-order valence-corrected chi connectivity index (χ3v) is 4.52. The van der Waals surface area contributed by atoms with E-state index < -0.39 is 0 Å². The topological polar surface area (TPSA) is 79.2 Å². The van der Waals surface area contributed by atoms with E-state index in [-0.39, 0.29) is 11.9 Å². The molecule has 0 aromatic carbocycles. The Kier molecular flexibility index (Phi) is 5.82. The van der Waals surface area contributed by atoms with Crippen molar-refractivity contribution < 1.29 is 4.79 Å². The van der Waals surface area contributed by atoms with Crippen molar-refractivity contribution in [1.82, 2.24) is 30.0 Å². The third-order valence-electron chi connectivity index (χ3n) is 4.52. The summed E-state index contributed by atoms with van der Waals surface area (Å²) in [5.74, 6) is 0.717. The van der Waals surface area contributed by atoms with Crippen LogP contribution < -0.4 is 10.2 Å². The Bertz CT molecular complexity index is 717. The van der Waals surface area contributed by atoms with Crippen LogP contribution >= 0.6 is 0 Å². The van der Waals surface area contributed by atoms with Gasteiger partial charge >= 0.3 is 0 Å². The minimum Gasteiger partial charge on any atom is -0.354 e. The van der Waals surface area contributed by atoms with E-state index in [1.807, 2.05) is 27.1 Å². The van der Waals surface area contributed by atoms with Gasteiger partial charge in [0.1, 0.15) is 11.5 Å². The molecule has 0 bridgehead atoms. The van der Waals surface area contributed by atoms with Crippen LogP contribution in [0.15, 0.2) is 24.8 Å². The van der Waals surface area contributed by atoms with E-state index in [1.165, 1.54) is 0 Å². The molecule has 0 aliphatic carbocycles. The number of aromatic nitrogens is 4. The SMILES string of the molecule is CC(C)N(Cc1cnn(C)c1)C(=O)c1cnc(N2CCCNCC2)cn1. The fraction of sp³-hybridized carbons (Fsp3) is 0.556. The van der Waals surface area contributed by atoms with E-state index in [9.17, 15) is 4.79 Å². The summed E-state index contributed by atoms with van der Waals surface area (Å²) in [6.45, 7) is 8.33. The zero-order valence-corrected chi connectivity index (χ0v) is 15.7. The standard InChI is InChI=1S/C18H27N7O/c1-14(2)25(13-15-9-22-23(3)12-15)18(26)16-10-21-17(11-20-16)24-7-4-5-19-6-8-24/h9-12,14,19H,4-8,13H2,1-3H3. The fourth-order valence-electron chi connectivity index (χ4n) is 3.06. The second kappa shape index (κ2) is 8.27. The largest absolute Gasteiger partial charge is 0.354 e. The van der Waals surface area contributed by atoms with Crippen molar-refractivity contribution in [2.24, 2.45) is 7.05 Å². The van der Waals surface area contributed by atoms with Crippen LogP contribution in [0.2, 0.25) is 0 Å². The van der Waals surface area contributed by atoms with Gasteiger partial charge in [-0.25, -0.2) is 9.97 Å². The Balaban J connectivity index is 1.72. The third kappa shape index (κ3) is 4.37. The molecule has 8 heteroatoms. The number of hydrogen-bond acceptors (Lipinski definition) is 6. The van der Waals surface area contributed by atoms with Crippen LogP contribution in [0.1, 0.15) is 36.3 Å². The van der Waals surface area contributed by atoms with Crippen LogP contribution in [0, 0.1) is 0 Å². The van der Waals surface area contributed by atoms with Crippen LogP contribution in [0.3, 0.4) is 0 Å². The van der Waals surface area contributed by atoms with Gasteiger partial charge in [0.05, 0.1) is 18.6 Å². The lowest BCUT2D eigenvalue weighted by Crippen LogP contribution is -2.37. The second-order valence-corrected chi connectivity index (χ2v) is 6.90.